The maximum Gasteiger partial charge on any atom is 0.534 e. The van der Waals surface area contributed by atoms with Crippen LogP contribution in [0.15, 0.2) is 18.2 Å². The fourth-order valence-electron chi connectivity index (χ4n) is 3.14. The van der Waals surface area contributed by atoms with E-state index in [1.54, 1.807) is 31.7 Å². The molecule has 0 saturated carbocycles. The summed E-state index contributed by atoms with van der Waals surface area (Å²) in [6.45, 7) is 9.55. The number of alkyl halides is 3. The van der Waals surface area contributed by atoms with E-state index in [0.717, 1.165) is 5.56 Å². The van der Waals surface area contributed by atoms with Crippen LogP contribution in [0, 0.1) is 5.92 Å². The number of carbonyl (C=O) groups is 1. The predicted molar refractivity (Wildman–Crippen MR) is 101 cm³/mol. The Morgan fingerprint density at radius 1 is 1.17 bits per heavy atom. The van der Waals surface area contributed by atoms with Gasteiger partial charge in [0.1, 0.15) is 11.4 Å². The van der Waals surface area contributed by atoms with Crippen molar-refractivity contribution >= 4 is 16.2 Å². The summed E-state index contributed by atoms with van der Waals surface area (Å²) >= 11 is 0. The Morgan fingerprint density at radius 2 is 1.79 bits per heavy atom. The number of amides is 1. The summed E-state index contributed by atoms with van der Waals surface area (Å²) in [5, 5.41) is 0. The Morgan fingerprint density at radius 3 is 2.31 bits per heavy atom. The lowest BCUT2D eigenvalue weighted by atomic mass is 9.94. The largest absolute Gasteiger partial charge is 0.534 e. The molecule has 0 spiro atoms. The van der Waals surface area contributed by atoms with E-state index in [2.05, 4.69) is 4.18 Å². The van der Waals surface area contributed by atoms with Gasteiger partial charge in [-0.25, -0.2) is 4.79 Å². The lowest BCUT2D eigenvalue weighted by Crippen LogP contribution is -2.46. The van der Waals surface area contributed by atoms with Gasteiger partial charge in [-0.15, -0.1) is 0 Å². The van der Waals surface area contributed by atoms with Crippen LogP contribution in [0.1, 0.15) is 45.7 Å². The maximum absolute atomic E-state index is 12.7. The molecule has 10 heteroatoms. The van der Waals surface area contributed by atoms with E-state index in [9.17, 15) is 26.4 Å². The molecule has 1 amide bonds. The van der Waals surface area contributed by atoms with Crippen molar-refractivity contribution < 1.29 is 35.3 Å². The molecule has 0 N–H and O–H groups in total. The first-order chi connectivity index (χ1) is 13.1. The molecule has 0 bridgehead atoms. The summed E-state index contributed by atoms with van der Waals surface area (Å²) in [4.78, 5) is 14.3. The summed E-state index contributed by atoms with van der Waals surface area (Å²) in [6.07, 6.45) is 0.347. The van der Waals surface area contributed by atoms with Gasteiger partial charge in [-0.2, -0.15) is 21.6 Å². The number of halogens is 3. The quantitative estimate of drug-likeness (QED) is 0.522. The van der Waals surface area contributed by atoms with Crippen LogP contribution in [-0.2, 0) is 27.7 Å². The van der Waals surface area contributed by atoms with Gasteiger partial charge in [0.2, 0.25) is 0 Å². The number of hydrogen-bond acceptors (Lipinski definition) is 5. The summed E-state index contributed by atoms with van der Waals surface area (Å²) in [5.41, 5.74) is -4.70. The van der Waals surface area contributed by atoms with Gasteiger partial charge in [-0.05, 0) is 62.8 Å². The molecule has 29 heavy (non-hydrogen) atoms. The van der Waals surface area contributed by atoms with Gasteiger partial charge in [-0.1, -0.05) is 19.9 Å². The second kappa shape index (κ2) is 8.04. The molecular weight excluding hydrogens is 411 g/mol. The molecule has 6 nitrogen and oxygen atoms in total. The molecule has 1 aliphatic rings. The van der Waals surface area contributed by atoms with E-state index in [4.69, 9.17) is 4.74 Å². The van der Waals surface area contributed by atoms with E-state index < -0.39 is 33.1 Å². The minimum absolute atomic E-state index is 0.106. The van der Waals surface area contributed by atoms with Crippen molar-refractivity contribution in [2.24, 2.45) is 5.92 Å². The first-order valence-corrected chi connectivity index (χ1v) is 10.6. The van der Waals surface area contributed by atoms with Crippen molar-refractivity contribution in [3.63, 3.8) is 0 Å². The number of rotatable bonds is 3. The molecule has 0 saturated heterocycles. The van der Waals surface area contributed by atoms with E-state index >= 15 is 0 Å². The smallest absolute Gasteiger partial charge is 0.444 e. The Kier molecular flexibility index (Phi) is 6.46. The molecule has 1 aliphatic heterocycles. The number of hydrogen-bond donors (Lipinski definition) is 0. The molecule has 1 heterocycles. The van der Waals surface area contributed by atoms with Crippen LogP contribution in [0.25, 0.3) is 0 Å². The first kappa shape index (κ1) is 23.3. The van der Waals surface area contributed by atoms with Gasteiger partial charge in [0.15, 0.2) is 0 Å². The molecule has 2 rings (SSSR count). The SMILES string of the molecule is CC(C)C1Cc2ccc(OS(=O)(=O)C(F)(F)F)cc2CCN1C(=O)OC(C)(C)C. The number of carbonyl (C=O) groups excluding carboxylic acids is 1. The number of nitrogens with zero attached hydrogens (tertiary/aromatic N) is 1. The Hall–Kier alpha value is -1.97. The molecule has 1 atom stereocenters. The summed E-state index contributed by atoms with van der Waals surface area (Å²) in [5.74, 6) is -0.303. The molecule has 1 aromatic rings. The van der Waals surface area contributed by atoms with Gasteiger partial charge in [0.05, 0.1) is 0 Å². The Labute approximate surface area is 169 Å². The number of fused-ring (bicyclic) bond motifs is 1. The highest BCUT2D eigenvalue weighted by Crippen LogP contribution is 2.31. The van der Waals surface area contributed by atoms with Crippen molar-refractivity contribution in [2.75, 3.05) is 6.54 Å². The lowest BCUT2D eigenvalue weighted by molar-refractivity contribution is -0.0500. The minimum atomic E-state index is -5.74. The van der Waals surface area contributed by atoms with Crippen LogP contribution in [0.2, 0.25) is 0 Å². The summed E-state index contributed by atoms with van der Waals surface area (Å²) in [7, 11) is -5.74. The molecule has 164 valence electrons. The molecule has 0 radical (unpaired) electrons. The molecule has 1 aromatic carbocycles. The lowest BCUT2D eigenvalue weighted by Gasteiger charge is -2.34. The molecule has 0 aromatic heterocycles. The fourth-order valence-corrected chi connectivity index (χ4v) is 3.60. The molecule has 1 unspecified atom stereocenters. The van der Waals surface area contributed by atoms with Gasteiger partial charge < -0.3 is 13.8 Å². The monoisotopic (exact) mass is 437 g/mol. The third kappa shape index (κ3) is 5.77. The first-order valence-electron chi connectivity index (χ1n) is 9.23. The van der Waals surface area contributed by atoms with Gasteiger partial charge in [0, 0.05) is 12.6 Å². The highest BCUT2D eigenvalue weighted by atomic mass is 32.2. The van der Waals surface area contributed by atoms with Crippen molar-refractivity contribution in [3.8, 4) is 5.75 Å². The van der Waals surface area contributed by atoms with E-state index in [1.165, 1.54) is 12.1 Å². The maximum atomic E-state index is 12.7. The van der Waals surface area contributed by atoms with Crippen LogP contribution in [0.4, 0.5) is 18.0 Å². The standard InChI is InChI=1S/C19H26F3NO5S/c1-12(2)16-11-13-6-7-15(28-29(25,26)19(20,21)22)10-14(13)8-9-23(16)17(24)27-18(3,4)5/h6-7,10,12,16H,8-9,11H2,1-5H3. The van der Waals surface area contributed by atoms with Crippen LogP contribution in [0.5, 0.6) is 5.75 Å². The highest BCUT2D eigenvalue weighted by molar-refractivity contribution is 7.88. The van der Waals surface area contributed by atoms with Crippen LogP contribution < -0.4 is 4.18 Å². The van der Waals surface area contributed by atoms with Crippen LogP contribution >= 0.6 is 0 Å². The fraction of sp³-hybridized carbons (Fsp3) is 0.632. The Balaban J connectivity index is 2.30. The average molecular weight is 437 g/mol. The van der Waals surface area contributed by atoms with E-state index in [1.807, 2.05) is 13.8 Å². The van der Waals surface area contributed by atoms with Gasteiger partial charge in [0.25, 0.3) is 0 Å². The Bertz CT molecular complexity index is 860. The minimum Gasteiger partial charge on any atom is -0.444 e. The third-order valence-electron chi connectivity index (χ3n) is 4.52. The zero-order valence-corrected chi connectivity index (χ0v) is 17.9. The van der Waals surface area contributed by atoms with Crippen molar-refractivity contribution in [1.29, 1.82) is 0 Å². The predicted octanol–water partition coefficient (Wildman–Crippen LogP) is 4.28. The second-order valence-corrected chi connectivity index (χ2v) is 9.89. The number of ether oxygens (including phenoxy) is 1. The van der Waals surface area contributed by atoms with Crippen LogP contribution in [0.3, 0.4) is 0 Å². The summed E-state index contributed by atoms with van der Waals surface area (Å²) < 4.78 is 69.9. The topological polar surface area (TPSA) is 72.9 Å². The molecule has 0 fully saturated rings. The van der Waals surface area contributed by atoms with Gasteiger partial charge in [-0.3, -0.25) is 0 Å². The highest BCUT2D eigenvalue weighted by Gasteiger charge is 2.48. The van der Waals surface area contributed by atoms with Crippen molar-refractivity contribution in [3.05, 3.63) is 29.3 Å². The molecular formula is C19H26F3NO5S. The zero-order valence-electron chi connectivity index (χ0n) is 17.0. The summed E-state index contributed by atoms with van der Waals surface area (Å²) in [6, 6.07) is 3.86. The van der Waals surface area contributed by atoms with Crippen molar-refractivity contribution in [2.45, 2.75) is 64.6 Å². The van der Waals surface area contributed by atoms with Gasteiger partial charge >= 0.3 is 21.7 Å². The molecule has 0 aliphatic carbocycles. The average Bonchev–Trinajstić information content (AvgIpc) is 2.71. The second-order valence-electron chi connectivity index (χ2n) is 8.35. The number of benzene rings is 1. The van der Waals surface area contributed by atoms with Crippen LogP contribution in [-0.4, -0.2) is 43.1 Å². The van der Waals surface area contributed by atoms with E-state index in [-0.39, 0.29) is 12.0 Å². The third-order valence-corrected chi connectivity index (χ3v) is 5.49. The zero-order chi connectivity index (χ0) is 22.2. The van der Waals surface area contributed by atoms with E-state index in [0.29, 0.717) is 24.9 Å². The normalized spacial score (nSPS) is 18.2. The van der Waals surface area contributed by atoms with Crippen molar-refractivity contribution in [1.82, 2.24) is 4.90 Å².